The largest absolute Gasteiger partial charge is 0.497 e. The zero-order valence-electron chi connectivity index (χ0n) is 23.3. The SMILES string of the molecule is CC[C@H](C(=O)NCC(C)C)N(Cc1cccc(OC)c1)C(=O)CCCN(c1ccccc1OC)S(C)(=O)=O. The molecule has 0 spiro atoms. The van der Waals surface area contributed by atoms with Gasteiger partial charge in [-0.2, -0.15) is 0 Å². The second-order valence-corrected chi connectivity index (χ2v) is 11.5. The van der Waals surface area contributed by atoms with E-state index in [1.54, 1.807) is 36.3 Å². The first-order chi connectivity index (χ1) is 18.0. The first-order valence-electron chi connectivity index (χ1n) is 12.8. The number of nitrogens with one attached hydrogen (secondary N) is 1. The molecule has 1 N–H and O–H groups in total. The molecule has 0 saturated carbocycles. The van der Waals surface area contributed by atoms with Crippen LogP contribution >= 0.6 is 0 Å². The summed E-state index contributed by atoms with van der Waals surface area (Å²) in [6.45, 7) is 6.73. The van der Waals surface area contributed by atoms with E-state index in [0.717, 1.165) is 11.8 Å². The number of sulfonamides is 1. The second-order valence-electron chi connectivity index (χ2n) is 9.55. The topological polar surface area (TPSA) is 105 Å². The summed E-state index contributed by atoms with van der Waals surface area (Å²) >= 11 is 0. The Balaban J connectivity index is 2.26. The highest BCUT2D eigenvalue weighted by Crippen LogP contribution is 2.30. The van der Waals surface area contributed by atoms with Crippen LogP contribution < -0.4 is 19.1 Å². The summed E-state index contributed by atoms with van der Waals surface area (Å²) in [6.07, 6.45) is 1.90. The summed E-state index contributed by atoms with van der Waals surface area (Å²) in [6, 6.07) is 13.6. The molecule has 38 heavy (non-hydrogen) atoms. The molecule has 0 aromatic heterocycles. The zero-order valence-corrected chi connectivity index (χ0v) is 24.1. The Morgan fingerprint density at radius 3 is 2.34 bits per heavy atom. The minimum Gasteiger partial charge on any atom is -0.497 e. The quantitative estimate of drug-likeness (QED) is 0.363. The zero-order chi connectivity index (χ0) is 28.3. The molecule has 0 fully saturated rings. The van der Waals surface area contributed by atoms with Gasteiger partial charge in [-0.05, 0) is 48.6 Å². The first-order valence-corrected chi connectivity index (χ1v) is 14.7. The smallest absolute Gasteiger partial charge is 0.242 e. The minimum absolute atomic E-state index is 0.0685. The molecule has 0 saturated heterocycles. The van der Waals surface area contributed by atoms with Gasteiger partial charge in [-0.25, -0.2) is 8.42 Å². The van der Waals surface area contributed by atoms with Gasteiger partial charge in [-0.15, -0.1) is 0 Å². The number of hydrogen-bond acceptors (Lipinski definition) is 6. The molecule has 2 aromatic carbocycles. The van der Waals surface area contributed by atoms with Crippen LogP contribution in [-0.2, 0) is 26.2 Å². The molecule has 9 nitrogen and oxygen atoms in total. The molecule has 0 radical (unpaired) electrons. The number of carbonyl (C=O) groups is 2. The van der Waals surface area contributed by atoms with Gasteiger partial charge in [0.2, 0.25) is 21.8 Å². The van der Waals surface area contributed by atoms with Crippen LogP contribution in [0.3, 0.4) is 0 Å². The lowest BCUT2D eigenvalue weighted by molar-refractivity contribution is -0.141. The molecule has 0 aliphatic carbocycles. The number of carbonyl (C=O) groups excluding carboxylic acids is 2. The maximum Gasteiger partial charge on any atom is 0.242 e. The van der Waals surface area contributed by atoms with Crippen molar-refractivity contribution in [3.8, 4) is 11.5 Å². The fourth-order valence-corrected chi connectivity index (χ4v) is 5.10. The van der Waals surface area contributed by atoms with E-state index in [9.17, 15) is 18.0 Å². The Kier molecular flexibility index (Phi) is 11.9. The van der Waals surface area contributed by atoms with E-state index in [0.29, 0.717) is 30.2 Å². The van der Waals surface area contributed by atoms with Gasteiger partial charge in [-0.3, -0.25) is 13.9 Å². The lowest BCUT2D eigenvalue weighted by atomic mass is 10.1. The summed E-state index contributed by atoms with van der Waals surface area (Å²) in [7, 11) is -0.569. The molecule has 2 amide bonds. The third kappa shape index (κ3) is 8.93. The molecule has 10 heteroatoms. The van der Waals surface area contributed by atoms with Crippen LogP contribution in [0.1, 0.15) is 45.6 Å². The fourth-order valence-electron chi connectivity index (χ4n) is 4.13. The van der Waals surface area contributed by atoms with Gasteiger partial charge in [-0.1, -0.05) is 45.0 Å². The number of benzene rings is 2. The lowest BCUT2D eigenvalue weighted by Gasteiger charge is -2.31. The van der Waals surface area contributed by atoms with Crippen LogP contribution in [0.15, 0.2) is 48.5 Å². The third-order valence-electron chi connectivity index (χ3n) is 6.06. The molecule has 1 atom stereocenters. The second kappa shape index (κ2) is 14.6. The lowest BCUT2D eigenvalue weighted by Crippen LogP contribution is -2.49. The van der Waals surface area contributed by atoms with Crippen LogP contribution in [0.4, 0.5) is 5.69 Å². The van der Waals surface area contributed by atoms with Crippen molar-refractivity contribution in [1.82, 2.24) is 10.2 Å². The van der Waals surface area contributed by atoms with Gasteiger partial charge < -0.3 is 19.7 Å². The Bertz CT molecular complexity index is 1170. The van der Waals surface area contributed by atoms with Crippen LogP contribution in [0.2, 0.25) is 0 Å². The van der Waals surface area contributed by atoms with Gasteiger partial charge in [0, 0.05) is 26.1 Å². The highest BCUT2D eigenvalue weighted by atomic mass is 32.2. The maximum atomic E-state index is 13.6. The van der Waals surface area contributed by atoms with E-state index in [-0.39, 0.29) is 43.7 Å². The molecule has 2 rings (SSSR count). The van der Waals surface area contributed by atoms with Crippen LogP contribution in [0.25, 0.3) is 0 Å². The number of hydrogen-bond donors (Lipinski definition) is 1. The Morgan fingerprint density at radius 1 is 1.03 bits per heavy atom. The molecule has 0 bridgehead atoms. The van der Waals surface area contributed by atoms with E-state index < -0.39 is 16.1 Å². The minimum atomic E-state index is -3.62. The average molecular weight is 548 g/mol. The van der Waals surface area contributed by atoms with E-state index in [1.165, 1.54) is 11.4 Å². The standard InChI is InChI=1S/C28H41N3O6S/c1-7-24(28(33)29-19-21(2)3)30(20-22-12-10-13-23(18-22)36-4)27(32)16-11-17-31(38(6,34)35)25-14-8-9-15-26(25)37-5/h8-10,12-15,18,21,24H,7,11,16-17,19-20H2,1-6H3,(H,29,33)/t24-/m1/s1. The summed E-state index contributed by atoms with van der Waals surface area (Å²) < 4.78 is 37.1. The van der Waals surface area contributed by atoms with Crippen molar-refractivity contribution in [2.75, 3.05) is 37.9 Å². The third-order valence-corrected chi connectivity index (χ3v) is 7.24. The van der Waals surface area contributed by atoms with Gasteiger partial charge in [0.1, 0.15) is 17.5 Å². The van der Waals surface area contributed by atoms with Crippen LogP contribution in [-0.4, -0.2) is 64.7 Å². The number of amides is 2. The molecule has 0 aliphatic heterocycles. The van der Waals surface area contributed by atoms with Gasteiger partial charge in [0.25, 0.3) is 0 Å². The normalized spacial score (nSPS) is 12.1. The van der Waals surface area contributed by atoms with Gasteiger partial charge in [0.15, 0.2) is 0 Å². The van der Waals surface area contributed by atoms with Crippen LogP contribution in [0, 0.1) is 5.92 Å². The number of rotatable bonds is 15. The van der Waals surface area contributed by atoms with Crippen molar-refractivity contribution in [1.29, 1.82) is 0 Å². The molecule has 0 heterocycles. The van der Waals surface area contributed by atoms with Gasteiger partial charge in [0.05, 0.1) is 26.2 Å². The van der Waals surface area contributed by atoms with Crippen molar-refractivity contribution in [3.63, 3.8) is 0 Å². The predicted molar refractivity (Wildman–Crippen MR) is 150 cm³/mol. The fraction of sp³-hybridized carbons (Fsp3) is 0.500. The number of nitrogens with zero attached hydrogens (tertiary/aromatic N) is 2. The summed E-state index contributed by atoms with van der Waals surface area (Å²) in [5.41, 5.74) is 1.25. The summed E-state index contributed by atoms with van der Waals surface area (Å²) in [5, 5.41) is 2.95. The van der Waals surface area contributed by atoms with Crippen molar-refractivity contribution >= 4 is 27.5 Å². The number of ether oxygens (including phenoxy) is 2. The Morgan fingerprint density at radius 2 is 1.74 bits per heavy atom. The highest BCUT2D eigenvalue weighted by Gasteiger charge is 2.29. The molecule has 0 unspecified atom stereocenters. The number of methoxy groups -OCH3 is 2. The number of para-hydroxylation sites is 2. The predicted octanol–water partition coefficient (Wildman–Crippen LogP) is 3.83. The van der Waals surface area contributed by atoms with Crippen molar-refractivity contribution in [2.24, 2.45) is 5.92 Å². The molecular formula is C28H41N3O6S. The summed E-state index contributed by atoms with van der Waals surface area (Å²) in [5.74, 6) is 0.928. The Hall–Kier alpha value is -3.27. The van der Waals surface area contributed by atoms with Crippen molar-refractivity contribution in [2.45, 2.75) is 52.6 Å². The van der Waals surface area contributed by atoms with E-state index in [4.69, 9.17) is 9.47 Å². The van der Waals surface area contributed by atoms with E-state index in [1.807, 2.05) is 45.0 Å². The average Bonchev–Trinajstić information content (AvgIpc) is 2.89. The highest BCUT2D eigenvalue weighted by molar-refractivity contribution is 7.92. The molecule has 0 aliphatic rings. The van der Waals surface area contributed by atoms with Crippen molar-refractivity contribution < 1.29 is 27.5 Å². The first kappa shape index (κ1) is 31.0. The molecule has 210 valence electrons. The van der Waals surface area contributed by atoms with Crippen LogP contribution in [0.5, 0.6) is 11.5 Å². The van der Waals surface area contributed by atoms with Crippen molar-refractivity contribution in [3.05, 3.63) is 54.1 Å². The van der Waals surface area contributed by atoms with E-state index >= 15 is 0 Å². The maximum absolute atomic E-state index is 13.6. The molecule has 2 aromatic rings. The summed E-state index contributed by atoms with van der Waals surface area (Å²) in [4.78, 5) is 28.2. The van der Waals surface area contributed by atoms with Gasteiger partial charge >= 0.3 is 0 Å². The Labute approximate surface area is 227 Å². The number of anilines is 1. The van der Waals surface area contributed by atoms with E-state index in [2.05, 4.69) is 5.32 Å². The molecular weight excluding hydrogens is 506 g/mol. The monoisotopic (exact) mass is 547 g/mol.